The van der Waals surface area contributed by atoms with Crippen molar-refractivity contribution in [2.24, 2.45) is 10.8 Å². The third-order valence-electron chi connectivity index (χ3n) is 8.37. The molecule has 0 fully saturated rings. The fourth-order valence-corrected chi connectivity index (χ4v) is 6.64. The van der Waals surface area contributed by atoms with Gasteiger partial charge in [0.2, 0.25) is 22.8 Å². The van der Waals surface area contributed by atoms with Gasteiger partial charge in [-0.05, 0) is 50.2 Å². The molecule has 0 unspecified atom stereocenters. The molecule has 5 heterocycles. The van der Waals surface area contributed by atoms with Crippen molar-refractivity contribution in [3.05, 3.63) is 111 Å². The number of para-hydroxylation sites is 2. The minimum Gasteiger partial charge on any atom is -0.481 e. The molecular weight excluding hydrogens is 661 g/mol. The van der Waals surface area contributed by atoms with Crippen molar-refractivity contribution in [3.8, 4) is 23.3 Å². The topological polar surface area (TPSA) is 136 Å². The normalized spacial score (nSPS) is 16.0. The number of aliphatic carboxylic acids is 1. The maximum atomic E-state index is 13.1. The van der Waals surface area contributed by atoms with Crippen LogP contribution in [0, 0.1) is 10.8 Å². The SMILES string of the molecule is CC(C)(C(=O)Nc1nncs1)[C@@H]1c2ccccc2Oc2nc(Cl)ccc21.CC(C)(C(=O)O)[C@@H]1c2ccccc2Oc2nc(Cl)ccc21. The van der Waals surface area contributed by atoms with E-state index in [1.807, 2.05) is 68.4 Å². The van der Waals surface area contributed by atoms with E-state index in [-0.39, 0.29) is 17.7 Å². The predicted octanol–water partition coefficient (Wildman–Crippen LogP) is 8.57. The van der Waals surface area contributed by atoms with E-state index in [1.165, 1.54) is 11.3 Å². The quantitative estimate of drug-likeness (QED) is 0.174. The summed E-state index contributed by atoms with van der Waals surface area (Å²) in [7, 11) is 0. The number of hydrogen-bond acceptors (Lipinski definition) is 9. The molecule has 0 spiro atoms. The van der Waals surface area contributed by atoms with E-state index in [2.05, 4.69) is 25.5 Å². The van der Waals surface area contributed by atoms with Crippen LogP contribution >= 0.6 is 34.5 Å². The minimum atomic E-state index is -0.996. The van der Waals surface area contributed by atoms with Crippen molar-refractivity contribution in [1.82, 2.24) is 20.2 Å². The van der Waals surface area contributed by atoms with E-state index in [0.717, 1.165) is 22.3 Å². The number of carboxylic acids is 1. The van der Waals surface area contributed by atoms with Crippen LogP contribution in [0.3, 0.4) is 0 Å². The average Bonchev–Trinajstić information content (AvgIpc) is 3.55. The first kappa shape index (κ1) is 32.4. The zero-order valence-electron chi connectivity index (χ0n) is 25.7. The van der Waals surface area contributed by atoms with Gasteiger partial charge in [-0.15, -0.1) is 10.2 Å². The minimum absolute atomic E-state index is 0.156. The molecule has 0 bridgehead atoms. The Morgan fingerprint density at radius 3 is 1.70 bits per heavy atom. The van der Waals surface area contributed by atoms with E-state index in [9.17, 15) is 14.7 Å². The molecule has 47 heavy (non-hydrogen) atoms. The first-order valence-electron chi connectivity index (χ1n) is 14.6. The van der Waals surface area contributed by atoms with Gasteiger partial charge in [-0.2, -0.15) is 0 Å². The van der Waals surface area contributed by atoms with E-state index in [0.29, 0.717) is 38.7 Å². The summed E-state index contributed by atoms with van der Waals surface area (Å²) in [5.41, 5.74) is 3.13. The van der Waals surface area contributed by atoms with Gasteiger partial charge in [0.15, 0.2) is 0 Å². The Morgan fingerprint density at radius 2 is 1.23 bits per heavy atom. The Hall–Kier alpha value is -4.58. The highest BCUT2D eigenvalue weighted by Gasteiger charge is 2.45. The van der Waals surface area contributed by atoms with Crippen LogP contribution in [0.1, 0.15) is 61.8 Å². The maximum Gasteiger partial charge on any atom is 0.310 e. The summed E-state index contributed by atoms with van der Waals surface area (Å²) in [6, 6.07) is 22.1. The number of carbonyl (C=O) groups is 2. The summed E-state index contributed by atoms with van der Waals surface area (Å²) in [4.78, 5) is 33.3. The Morgan fingerprint density at radius 1 is 0.745 bits per heavy atom. The van der Waals surface area contributed by atoms with Crippen molar-refractivity contribution in [1.29, 1.82) is 0 Å². The molecule has 0 saturated carbocycles. The molecule has 2 aromatic carbocycles. The van der Waals surface area contributed by atoms with Crippen molar-refractivity contribution >= 4 is 51.5 Å². The number of benzene rings is 2. The highest BCUT2D eigenvalue weighted by atomic mass is 35.5. The third kappa shape index (κ3) is 6.14. The number of amides is 1. The number of fused-ring (bicyclic) bond motifs is 4. The molecule has 7 rings (SSSR count). The molecule has 0 radical (unpaired) electrons. The molecule has 0 aliphatic carbocycles. The lowest BCUT2D eigenvalue weighted by atomic mass is 9.70. The Balaban J connectivity index is 0.000000168. The summed E-state index contributed by atoms with van der Waals surface area (Å²) < 4.78 is 11.7. The van der Waals surface area contributed by atoms with Crippen LogP contribution in [0.5, 0.6) is 23.3 Å². The molecule has 2 atom stereocenters. The number of hydrogen-bond donors (Lipinski definition) is 2. The zero-order chi connectivity index (χ0) is 33.5. The van der Waals surface area contributed by atoms with Gasteiger partial charge in [0.25, 0.3) is 0 Å². The standard InChI is InChI=1S/C18H15ClN4O2S.C16H14ClNO3/c1-18(2,16(24)22-17-23-20-9-26-17)14-10-5-3-4-6-12(10)25-15-11(14)7-8-13(19)21-15;1-16(2,15(19)20)13-9-5-3-4-6-11(9)21-14-10(13)7-8-12(17)18-14/h3-9,14H,1-2H3,(H,22,23,24);3-8,13H,1-2H3,(H,19,20)/t14-;13-/m11/s1. The number of anilines is 1. The second-order valence-electron chi connectivity index (χ2n) is 12.1. The van der Waals surface area contributed by atoms with Gasteiger partial charge in [0.05, 0.1) is 10.8 Å². The highest BCUT2D eigenvalue weighted by Crippen LogP contribution is 2.53. The molecule has 1 amide bonds. The van der Waals surface area contributed by atoms with E-state index in [1.54, 1.807) is 37.6 Å². The molecule has 2 N–H and O–H groups in total. The van der Waals surface area contributed by atoms with Crippen LogP contribution in [0.2, 0.25) is 10.3 Å². The number of carbonyl (C=O) groups excluding carboxylic acids is 1. The smallest absolute Gasteiger partial charge is 0.310 e. The lowest BCUT2D eigenvalue weighted by molar-refractivity contribution is -0.147. The van der Waals surface area contributed by atoms with Gasteiger partial charge < -0.3 is 19.9 Å². The number of carboxylic acid groups (broad SMARTS) is 1. The summed E-state index contributed by atoms with van der Waals surface area (Å²) in [6.07, 6.45) is 0. The fraction of sp³-hybridized carbons (Fsp3) is 0.235. The van der Waals surface area contributed by atoms with Gasteiger partial charge in [0, 0.05) is 34.1 Å². The predicted molar refractivity (Wildman–Crippen MR) is 179 cm³/mol. The van der Waals surface area contributed by atoms with Gasteiger partial charge >= 0.3 is 5.97 Å². The van der Waals surface area contributed by atoms with Gasteiger partial charge in [-0.25, -0.2) is 9.97 Å². The molecule has 2 aliphatic heterocycles. The highest BCUT2D eigenvalue weighted by molar-refractivity contribution is 7.13. The van der Waals surface area contributed by atoms with Crippen LogP contribution in [0.25, 0.3) is 0 Å². The zero-order valence-corrected chi connectivity index (χ0v) is 28.0. The molecule has 13 heteroatoms. The van der Waals surface area contributed by atoms with Crippen molar-refractivity contribution < 1.29 is 24.2 Å². The number of nitrogens with one attached hydrogen (secondary N) is 1. The van der Waals surface area contributed by atoms with E-state index < -0.39 is 16.8 Å². The number of aromatic nitrogens is 4. The Bertz CT molecular complexity index is 1990. The summed E-state index contributed by atoms with van der Waals surface area (Å²) in [5.74, 6) is 0.482. The first-order chi connectivity index (χ1) is 22.4. The number of pyridine rings is 2. The van der Waals surface area contributed by atoms with E-state index >= 15 is 0 Å². The molecule has 10 nitrogen and oxygen atoms in total. The molecular formula is C34H29Cl2N5O5S. The lowest BCUT2D eigenvalue weighted by Crippen LogP contribution is -2.38. The van der Waals surface area contributed by atoms with Crippen LogP contribution in [-0.2, 0) is 9.59 Å². The number of halogens is 2. The number of rotatable bonds is 5. The molecule has 0 saturated heterocycles. The maximum absolute atomic E-state index is 13.1. The lowest BCUT2D eigenvalue weighted by Gasteiger charge is -2.37. The Labute approximate surface area is 284 Å². The molecule has 3 aromatic heterocycles. The van der Waals surface area contributed by atoms with Crippen molar-refractivity contribution in [2.45, 2.75) is 39.5 Å². The third-order valence-corrected chi connectivity index (χ3v) is 9.39. The number of ether oxygens (including phenoxy) is 2. The first-order valence-corrected chi connectivity index (χ1v) is 16.2. The van der Waals surface area contributed by atoms with Crippen LogP contribution in [-0.4, -0.2) is 37.1 Å². The van der Waals surface area contributed by atoms with Crippen LogP contribution in [0.4, 0.5) is 5.13 Å². The van der Waals surface area contributed by atoms with Crippen molar-refractivity contribution in [2.75, 3.05) is 5.32 Å². The average molecular weight is 691 g/mol. The molecule has 2 aliphatic rings. The van der Waals surface area contributed by atoms with Gasteiger partial charge in [0.1, 0.15) is 27.3 Å². The monoisotopic (exact) mass is 689 g/mol. The summed E-state index contributed by atoms with van der Waals surface area (Å²) >= 11 is 13.2. The molecule has 5 aromatic rings. The van der Waals surface area contributed by atoms with Gasteiger partial charge in [-0.3, -0.25) is 9.59 Å². The molecule has 240 valence electrons. The Kier molecular flexibility index (Phi) is 8.64. The fourth-order valence-electron chi connectivity index (χ4n) is 5.92. The van der Waals surface area contributed by atoms with E-state index in [4.69, 9.17) is 32.7 Å². The largest absolute Gasteiger partial charge is 0.481 e. The number of nitrogens with zero attached hydrogens (tertiary/aromatic N) is 4. The van der Waals surface area contributed by atoms with Gasteiger partial charge in [-0.1, -0.05) is 84.8 Å². The summed E-state index contributed by atoms with van der Waals surface area (Å²) in [5, 5.41) is 21.3. The van der Waals surface area contributed by atoms with Crippen LogP contribution < -0.4 is 14.8 Å². The summed E-state index contributed by atoms with van der Waals surface area (Å²) in [6.45, 7) is 7.21. The second kappa shape index (κ2) is 12.6. The van der Waals surface area contributed by atoms with Crippen LogP contribution in [0.15, 0.2) is 78.3 Å². The second-order valence-corrected chi connectivity index (χ2v) is 13.8. The van der Waals surface area contributed by atoms with Crippen molar-refractivity contribution in [3.63, 3.8) is 0 Å².